The van der Waals surface area contributed by atoms with E-state index in [1.807, 2.05) is 0 Å². The Morgan fingerprint density at radius 3 is 2.33 bits per heavy atom. The van der Waals surface area contributed by atoms with Crippen molar-refractivity contribution in [1.29, 1.82) is 0 Å². The number of nitrogens with zero attached hydrogens (tertiary/aromatic N) is 1. The van der Waals surface area contributed by atoms with E-state index in [0.29, 0.717) is 12.2 Å². The van der Waals surface area contributed by atoms with Crippen molar-refractivity contribution in [3.63, 3.8) is 0 Å². The number of ether oxygens (including phenoxy) is 1. The van der Waals surface area contributed by atoms with Crippen LogP contribution in [-0.4, -0.2) is 42.3 Å². The molecule has 2 N–H and O–H groups in total. The fourth-order valence-electron chi connectivity index (χ4n) is 3.96. The average Bonchev–Trinajstić information content (AvgIpc) is 2.77. The van der Waals surface area contributed by atoms with E-state index in [2.05, 4.69) is 32.6 Å². The molecule has 2 aliphatic rings. The molecule has 0 aromatic heterocycles. The second-order valence-electron chi connectivity index (χ2n) is 6.83. The van der Waals surface area contributed by atoms with Crippen LogP contribution in [0.25, 0.3) is 0 Å². The first kappa shape index (κ1) is 14.3. The van der Waals surface area contributed by atoms with Gasteiger partial charge in [-0.15, -0.1) is 0 Å². The summed E-state index contributed by atoms with van der Waals surface area (Å²) in [6.07, 6.45) is 4.21. The fourth-order valence-corrected chi connectivity index (χ4v) is 3.96. The molecular weight excluding hydrogens is 224 g/mol. The van der Waals surface area contributed by atoms with Crippen LogP contribution in [0.1, 0.15) is 47.0 Å². The van der Waals surface area contributed by atoms with Gasteiger partial charge < -0.3 is 10.5 Å². The standard InChI is InChI=1S/C15H30N2O/c1-11(2)14-5-6-17(9-14)15(10-16)7-12(3)18-13(4)8-15/h11-14H,5-10,16H2,1-4H3. The van der Waals surface area contributed by atoms with Gasteiger partial charge in [-0.05, 0) is 51.5 Å². The van der Waals surface area contributed by atoms with E-state index < -0.39 is 0 Å². The van der Waals surface area contributed by atoms with Crippen LogP contribution in [0.2, 0.25) is 0 Å². The summed E-state index contributed by atoms with van der Waals surface area (Å²) in [6.45, 7) is 12.3. The molecule has 0 spiro atoms. The summed E-state index contributed by atoms with van der Waals surface area (Å²) in [6, 6.07) is 0. The zero-order valence-electron chi connectivity index (χ0n) is 12.5. The van der Waals surface area contributed by atoms with Gasteiger partial charge in [-0.3, -0.25) is 4.90 Å². The normalized spacial score (nSPS) is 42.7. The minimum atomic E-state index is 0.195. The summed E-state index contributed by atoms with van der Waals surface area (Å²) < 4.78 is 5.89. The Kier molecular flexibility index (Phi) is 4.35. The topological polar surface area (TPSA) is 38.5 Å². The summed E-state index contributed by atoms with van der Waals surface area (Å²) in [7, 11) is 0. The van der Waals surface area contributed by atoms with Gasteiger partial charge in [0.05, 0.1) is 12.2 Å². The minimum absolute atomic E-state index is 0.195. The maximum Gasteiger partial charge on any atom is 0.0568 e. The van der Waals surface area contributed by atoms with Crippen LogP contribution < -0.4 is 5.73 Å². The SMILES string of the molecule is CC1CC(CN)(N2CCC(C(C)C)C2)CC(C)O1. The molecule has 0 aromatic carbocycles. The van der Waals surface area contributed by atoms with Crippen LogP contribution in [0.5, 0.6) is 0 Å². The van der Waals surface area contributed by atoms with Crippen molar-refractivity contribution in [2.24, 2.45) is 17.6 Å². The lowest BCUT2D eigenvalue weighted by Gasteiger charge is -2.48. The molecule has 106 valence electrons. The highest BCUT2D eigenvalue weighted by Gasteiger charge is 2.44. The Hall–Kier alpha value is -0.120. The van der Waals surface area contributed by atoms with E-state index in [9.17, 15) is 0 Å². The number of rotatable bonds is 3. The molecule has 0 radical (unpaired) electrons. The molecule has 2 fully saturated rings. The highest BCUT2D eigenvalue weighted by molar-refractivity contribution is 5.00. The Morgan fingerprint density at radius 1 is 1.28 bits per heavy atom. The quantitative estimate of drug-likeness (QED) is 0.839. The zero-order valence-corrected chi connectivity index (χ0v) is 12.5. The number of hydrogen-bond donors (Lipinski definition) is 1. The van der Waals surface area contributed by atoms with Crippen molar-refractivity contribution in [2.75, 3.05) is 19.6 Å². The van der Waals surface area contributed by atoms with Crippen LogP contribution >= 0.6 is 0 Å². The lowest BCUT2D eigenvalue weighted by Crippen LogP contribution is -2.59. The van der Waals surface area contributed by atoms with Crippen molar-refractivity contribution >= 4 is 0 Å². The second kappa shape index (κ2) is 5.48. The van der Waals surface area contributed by atoms with Crippen LogP contribution in [0.15, 0.2) is 0 Å². The molecule has 3 nitrogen and oxygen atoms in total. The molecule has 2 saturated heterocycles. The van der Waals surface area contributed by atoms with Crippen molar-refractivity contribution < 1.29 is 4.74 Å². The van der Waals surface area contributed by atoms with Gasteiger partial charge in [-0.2, -0.15) is 0 Å². The zero-order chi connectivity index (χ0) is 13.3. The van der Waals surface area contributed by atoms with Crippen molar-refractivity contribution in [1.82, 2.24) is 4.90 Å². The minimum Gasteiger partial charge on any atom is -0.375 e. The van der Waals surface area contributed by atoms with Gasteiger partial charge in [0.2, 0.25) is 0 Å². The van der Waals surface area contributed by atoms with Crippen LogP contribution in [-0.2, 0) is 4.74 Å². The maximum atomic E-state index is 6.17. The van der Waals surface area contributed by atoms with Crippen molar-refractivity contribution in [2.45, 2.75) is 64.7 Å². The van der Waals surface area contributed by atoms with E-state index >= 15 is 0 Å². The van der Waals surface area contributed by atoms with Gasteiger partial charge in [0.1, 0.15) is 0 Å². The van der Waals surface area contributed by atoms with E-state index in [-0.39, 0.29) is 5.54 Å². The van der Waals surface area contributed by atoms with Crippen molar-refractivity contribution in [3.8, 4) is 0 Å². The van der Waals surface area contributed by atoms with Gasteiger partial charge in [0, 0.05) is 18.6 Å². The Balaban J connectivity index is 2.08. The molecular formula is C15H30N2O. The van der Waals surface area contributed by atoms with Gasteiger partial charge in [0.25, 0.3) is 0 Å². The molecule has 0 amide bonds. The smallest absolute Gasteiger partial charge is 0.0568 e. The third-order valence-corrected chi connectivity index (χ3v) is 5.02. The van der Waals surface area contributed by atoms with Gasteiger partial charge >= 0.3 is 0 Å². The predicted molar refractivity (Wildman–Crippen MR) is 75.5 cm³/mol. The molecule has 0 aliphatic carbocycles. The Bertz CT molecular complexity index is 270. The molecule has 0 bridgehead atoms. The second-order valence-corrected chi connectivity index (χ2v) is 6.83. The third-order valence-electron chi connectivity index (χ3n) is 5.02. The van der Waals surface area contributed by atoms with Crippen LogP contribution in [0.3, 0.4) is 0 Å². The van der Waals surface area contributed by atoms with E-state index in [1.165, 1.54) is 19.5 Å². The largest absolute Gasteiger partial charge is 0.375 e. The Morgan fingerprint density at radius 2 is 1.89 bits per heavy atom. The molecule has 3 atom stereocenters. The summed E-state index contributed by atoms with van der Waals surface area (Å²) in [4.78, 5) is 2.67. The first-order chi connectivity index (χ1) is 8.47. The molecule has 2 rings (SSSR count). The van der Waals surface area contributed by atoms with Gasteiger partial charge in [-0.25, -0.2) is 0 Å². The lowest BCUT2D eigenvalue weighted by atomic mass is 9.82. The summed E-state index contributed by atoms with van der Waals surface area (Å²) >= 11 is 0. The van der Waals surface area contributed by atoms with Crippen LogP contribution in [0.4, 0.5) is 0 Å². The monoisotopic (exact) mass is 254 g/mol. The summed E-state index contributed by atoms with van der Waals surface area (Å²) in [5.74, 6) is 1.64. The number of likely N-dealkylation sites (tertiary alicyclic amines) is 1. The molecule has 0 aromatic rings. The fraction of sp³-hybridized carbons (Fsp3) is 1.00. The summed E-state index contributed by atoms with van der Waals surface area (Å²) in [5, 5.41) is 0. The van der Waals surface area contributed by atoms with Gasteiger partial charge in [0.15, 0.2) is 0 Å². The molecule has 0 saturated carbocycles. The highest BCUT2D eigenvalue weighted by Crippen LogP contribution is 2.38. The third kappa shape index (κ3) is 2.73. The first-order valence-electron chi connectivity index (χ1n) is 7.57. The van der Waals surface area contributed by atoms with Crippen molar-refractivity contribution in [3.05, 3.63) is 0 Å². The highest BCUT2D eigenvalue weighted by atomic mass is 16.5. The summed E-state index contributed by atoms with van der Waals surface area (Å²) in [5.41, 5.74) is 6.36. The lowest BCUT2D eigenvalue weighted by molar-refractivity contribution is -0.0991. The van der Waals surface area contributed by atoms with Gasteiger partial charge in [-0.1, -0.05) is 13.8 Å². The molecule has 3 heteroatoms. The number of hydrogen-bond acceptors (Lipinski definition) is 3. The molecule has 18 heavy (non-hydrogen) atoms. The average molecular weight is 254 g/mol. The maximum absolute atomic E-state index is 6.17. The molecule has 2 aliphatic heterocycles. The number of nitrogens with two attached hydrogens (primary N) is 1. The van der Waals surface area contributed by atoms with E-state index in [0.717, 1.165) is 31.2 Å². The Labute approximate surface area is 112 Å². The van der Waals surface area contributed by atoms with Crippen LogP contribution in [0, 0.1) is 11.8 Å². The van der Waals surface area contributed by atoms with E-state index in [1.54, 1.807) is 0 Å². The van der Waals surface area contributed by atoms with E-state index in [4.69, 9.17) is 10.5 Å². The molecule has 2 heterocycles. The first-order valence-corrected chi connectivity index (χ1v) is 7.57. The predicted octanol–water partition coefficient (Wildman–Crippen LogP) is 2.25. The molecule has 3 unspecified atom stereocenters.